The van der Waals surface area contributed by atoms with Gasteiger partial charge in [-0.1, -0.05) is 24.3 Å². The SMILES string of the molecule is Nc1ccc(NC(=O)C2(N)C=CC=CC2)cc1. The Morgan fingerprint density at radius 3 is 2.53 bits per heavy atom. The van der Waals surface area contributed by atoms with Gasteiger partial charge in [0.15, 0.2) is 0 Å². The topological polar surface area (TPSA) is 81.1 Å². The van der Waals surface area contributed by atoms with Crippen molar-refractivity contribution in [2.24, 2.45) is 5.73 Å². The van der Waals surface area contributed by atoms with E-state index in [1.807, 2.05) is 12.2 Å². The average Bonchev–Trinajstić information content (AvgIpc) is 2.33. The molecule has 0 bridgehead atoms. The predicted octanol–water partition coefficient (Wildman–Crippen LogP) is 1.42. The molecular formula is C13H15N3O. The molecule has 0 aliphatic heterocycles. The van der Waals surface area contributed by atoms with Gasteiger partial charge in [-0.3, -0.25) is 4.79 Å². The van der Waals surface area contributed by atoms with Gasteiger partial charge >= 0.3 is 0 Å². The summed E-state index contributed by atoms with van der Waals surface area (Å²) in [6.45, 7) is 0. The van der Waals surface area contributed by atoms with Crippen molar-refractivity contribution in [2.75, 3.05) is 11.1 Å². The Labute approximate surface area is 100.0 Å². The molecule has 0 saturated carbocycles. The summed E-state index contributed by atoms with van der Waals surface area (Å²) in [5.74, 6) is -0.220. The van der Waals surface area contributed by atoms with Crippen LogP contribution in [0.3, 0.4) is 0 Å². The maximum absolute atomic E-state index is 12.0. The van der Waals surface area contributed by atoms with E-state index in [0.717, 1.165) is 0 Å². The molecular weight excluding hydrogens is 214 g/mol. The van der Waals surface area contributed by atoms with Gasteiger partial charge in [-0.05, 0) is 30.7 Å². The molecule has 1 aromatic rings. The minimum atomic E-state index is -0.962. The predicted molar refractivity (Wildman–Crippen MR) is 69.3 cm³/mol. The smallest absolute Gasteiger partial charge is 0.248 e. The van der Waals surface area contributed by atoms with Crippen molar-refractivity contribution in [2.45, 2.75) is 12.0 Å². The Kier molecular flexibility index (Phi) is 2.97. The number of hydrogen-bond donors (Lipinski definition) is 3. The van der Waals surface area contributed by atoms with Crippen molar-refractivity contribution < 1.29 is 4.79 Å². The van der Waals surface area contributed by atoms with Crippen LogP contribution in [0.2, 0.25) is 0 Å². The van der Waals surface area contributed by atoms with Crippen molar-refractivity contribution in [3.8, 4) is 0 Å². The van der Waals surface area contributed by atoms with E-state index in [4.69, 9.17) is 11.5 Å². The summed E-state index contributed by atoms with van der Waals surface area (Å²) in [5, 5.41) is 2.77. The van der Waals surface area contributed by atoms with Crippen molar-refractivity contribution >= 4 is 17.3 Å². The second kappa shape index (κ2) is 4.43. The zero-order valence-electron chi connectivity index (χ0n) is 9.39. The Morgan fingerprint density at radius 2 is 1.94 bits per heavy atom. The summed E-state index contributed by atoms with van der Waals surface area (Å²) < 4.78 is 0. The molecule has 0 fully saturated rings. The third-order valence-corrected chi connectivity index (χ3v) is 2.69. The first-order valence-electron chi connectivity index (χ1n) is 5.40. The number of nitrogens with one attached hydrogen (secondary N) is 1. The molecule has 0 heterocycles. The number of rotatable bonds is 2. The van der Waals surface area contributed by atoms with Crippen LogP contribution in [0.15, 0.2) is 48.6 Å². The minimum absolute atomic E-state index is 0.220. The molecule has 2 rings (SSSR count). The van der Waals surface area contributed by atoms with Gasteiger partial charge in [0, 0.05) is 11.4 Å². The molecule has 88 valence electrons. The van der Waals surface area contributed by atoms with E-state index < -0.39 is 5.54 Å². The fourth-order valence-electron chi connectivity index (χ4n) is 1.62. The highest BCUT2D eigenvalue weighted by Gasteiger charge is 2.30. The molecule has 4 nitrogen and oxygen atoms in total. The van der Waals surface area contributed by atoms with Gasteiger partial charge in [0.25, 0.3) is 0 Å². The third-order valence-electron chi connectivity index (χ3n) is 2.69. The van der Waals surface area contributed by atoms with Crippen LogP contribution < -0.4 is 16.8 Å². The summed E-state index contributed by atoms with van der Waals surface area (Å²) >= 11 is 0. The lowest BCUT2D eigenvalue weighted by atomic mass is 9.91. The van der Waals surface area contributed by atoms with Crippen LogP contribution >= 0.6 is 0 Å². The van der Waals surface area contributed by atoms with E-state index in [1.165, 1.54) is 0 Å². The van der Waals surface area contributed by atoms with E-state index in [2.05, 4.69) is 5.32 Å². The van der Waals surface area contributed by atoms with Gasteiger partial charge in [0.2, 0.25) is 5.91 Å². The highest BCUT2D eigenvalue weighted by Crippen LogP contribution is 2.18. The molecule has 0 aromatic heterocycles. The Balaban J connectivity index is 2.09. The van der Waals surface area contributed by atoms with Crippen LogP contribution in [-0.2, 0) is 4.79 Å². The second-order valence-electron chi connectivity index (χ2n) is 4.11. The van der Waals surface area contributed by atoms with E-state index in [9.17, 15) is 4.79 Å². The quantitative estimate of drug-likeness (QED) is 0.671. The van der Waals surface area contributed by atoms with Crippen LogP contribution in [0.25, 0.3) is 0 Å². The molecule has 1 aromatic carbocycles. The Morgan fingerprint density at radius 1 is 1.24 bits per heavy atom. The number of nitrogens with two attached hydrogens (primary N) is 2. The minimum Gasteiger partial charge on any atom is -0.399 e. The van der Waals surface area contributed by atoms with Gasteiger partial charge < -0.3 is 16.8 Å². The molecule has 17 heavy (non-hydrogen) atoms. The number of hydrogen-bond acceptors (Lipinski definition) is 3. The van der Waals surface area contributed by atoms with Crippen LogP contribution in [0.5, 0.6) is 0 Å². The van der Waals surface area contributed by atoms with Crippen LogP contribution in [0.4, 0.5) is 11.4 Å². The number of allylic oxidation sites excluding steroid dienone is 2. The van der Waals surface area contributed by atoms with E-state index >= 15 is 0 Å². The average molecular weight is 229 g/mol. The van der Waals surface area contributed by atoms with Gasteiger partial charge in [0.05, 0.1) is 0 Å². The number of anilines is 2. The molecule has 1 atom stereocenters. The number of benzene rings is 1. The summed E-state index contributed by atoms with van der Waals surface area (Å²) in [6, 6.07) is 6.96. The van der Waals surface area contributed by atoms with E-state index in [0.29, 0.717) is 17.8 Å². The van der Waals surface area contributed by atoms with Gasteiger partial charge in [-0.25, -0.2) is 0 Å². The molecule has 1 aliphatic carbocycles. The third kappa shape index (κ3) is 2.54. The summed E-state index contributed by atoms with van der Waals surface area (Å²) in [7, 11) is 0. The van der Waals surface area contributed by atoms with Crippen molar-refractivity contribution in [1.82, 2.24) is 0 Å². The number of amides is 1. The highest BCUT2D eigenvalue weighted by molar-refractivity contribution is 6.00. The number of carbonyl (C=O) groups is 1. The molecule has 1 amide bonds. The molecule has 5 N–H and O–H groups in total. The summed E-state index contributed by atoms with van der Waals surface area (Å²) in [4.78, 5) is 12.0. The van der Waals surface area contributed by atoms with Crippen molar-refractivity contribution in [3.63, 3.8) is 0 Å². The first kappa shape index (κ1) is 11.4. The lowest BCUT2D eigenvalue weighted by Gasteiger charge is -2.25. The maximum atomic E-state index is 12.0. The van der Waals surface area contributed by atoms with Crippen molar-refractivity contribution in [3.05, 3.63) is 48.6 Å². The summed E-state index contributed by atoms with van der Waals surface area (Å²) in [6.07, 6.45) is 7.75. The highest BCUT2D eigenvalue weighted by atomic mass is 16.2. The molecule has 0 spiro atoms. The second-order valence-corrected chi connectivity index (χ2v) is 4.11. The van der Waals surface area contributed by atoms with Crippen molar-refractivity contribution in [1.29, 1.82) is 0 Å². The lowest BCUT2D eigenvalue weighted by molar-refractivity contribution is -0.119. The van der Waals surface area contributed by atoms with E-state index in [-0.39, 0.29) is 5.91 Å². The number of nitrogen functional groups attached to an aromatic ring is 1. The first-order chi connectivity index (χ1) is 8.10. The van der Waals surface area contributed by atoms with Gasteiger partial charge in [-0.2, -0.15) is 0 Å². The fourth-order valence-corrected chi connectivity index (χ4v) is 1.62. The van der Waals surface area contributed by atoms with Crippen LogP contribution in [0, 0.1) is 0 Å². The zero-order chi connectivity index (χ0) is 12.3. The fraction of sp³-hybridized carbons (Fsp3) is 0.154. The standard InChI is InChI=1S/C13H15N3O/c14-10-4-6-11(7-5-10)16-12(17)13(15)8-2-1-3-9-13/h1-8H,9,14-15H2,(H,16,17). The maximum Gasteiger partial charge on any atom is 0.248 e. The van der Waals surface area contributed by atoms with Crippen LogP contribution in [-0.4, -0.2) is 11.4 Å². The summed E-state index contributed by atoms with van der Waals surface area (Å²) in [5.41, 5.74) is 12.0. The monoisotopic (exact) mass is 229 g/mol. The first-order valence-corrected chi connectivity index (χ1v) is 5.40. The van der Waals surface area contributed by atoms with E-state index in [1.54, 1.807) is 36.4 Å². The molecule has 4 heteroatoms. The molecule has 0 radical (unpaired) electrons. The molecule has 1 unspecified atom stereocenters. The molecule has 0 saturated heterocycles. The van der Waals surface area contributed by atoms with Gasteiger partial charge in [0.1, 0.15) is 5.54 Å². The lowest BCUT2D eigenvalue weighted by Crippen LogP contribution is -2.49. The Hall–Kier alpha value is -2.07. The zero-order valence-corrected chi connectivity index (χ0v) is 9.39. The number of carbonyl (C=O) groups excluding carboxylic acids is 1. The van der Waals surface area contributed by atoms with Crippen LogP contribution in [0.1, 0.15) is 6.42 Å². The molecule has 1 aliphatic rings. The van der Waals surface area contributed by atoms with Gasteiger partial charge in [-0.15, -0.1) is 0 Å². The Bertz CT molecular complexity index is 476. The normalized spacial score (nSPS) is 22.4. The largest absolute Gasteiger partial charge is 0.399 e.